The van der Waals surface area contributed by atoms with E-state index in [9.17, 15) is 4.79 Å². The first-order valence-electron chi connectivity index (χ1n) is 6.82. The first-order chi connectivity index (χ1) is 8.51. The zero-order chi connectivity index (χ0) is 14.1. The van der Waals surface area contributed by atoms with Crippen molar-refractivity contribution in [2.75, 3.05) is 32.8 Å². The summed E-state index contributed by atoms with van der Waals surface area (Å²) < 4.78 is 5.31. The second-order valence-corrected chi connectivity index (χ2v) is 4.30. The molecular weight excluding hydrogens is 228 g/mol. The molecular formula is C14H28N2O2. The second-order valence-electron chi connectivity index (χ2n) is 4.30. The minimum atomic E-state index is -0.306. The summed E-state index contributed by atoms with van der Waals surface area (Å²) in [5.41, 5.74) is 0.452. The van der Waals surface area contributed by atoms with Crippen LogP contribution >= 0.6 is 0 Å². The largest absolute Gasteiger partial charge is 0.459 e. The molecule has 4 nitrogen and oxygen atoms in total. The minimum absolute atomic E-state index is 0.151. The predicted molar refractivity (Wildman–Crippen MR) is 75.4 cm³/mol. The number of carbonyl (C=O) groups is 1. The molecule has 0 aliphatic heterocycles. The van der Waals surface area contributed by atoms with Gasteiger partial charge in [-0.25, -0.2) is 4.79 Å². The molecule has 0 atom stereocenters. The van der Waals surface area contributed by atoms with Crippen LogP contribution in [0.25, 0.3) is 0 Å². The molecule has 0 heterocycles. The molecule has 0 aromatic carbocycles. The number of hydrogen-bond acceptors (Lipinski definition) is 4. The van der Waals surface area contributed by atoms with Crippen LogP contribution in [0.15, 0.2) is 12.2 Å². The maximum Gasteiger partial charge on any atom is 0.333 e. The van der Waals surface area contributed by atoms with Crippen molar-refractivity contribution in [3.63, 3.8) is 0 Å². The molecule has 0 radical (unpaired) electrons. The molecule has 0 saturated carbocycles. The molecule has 0 saturated heterocycles. The van der Waals surface area contributed by atoms with Crippen molar-refractivity contribution < 1.29 is 9.53 Å². The minimum Gasteiger partial charge on any atom is -0.459 e. The molecule has 0 amide bonds. The molecule has 0 aromatic rings. The van der Waals surface area contributed by atoms with E-state index in [1.165, 1.54) is 0 Å². The molecule has 0 fully saturated rings. The van der Waals surface area contributed by atoms with Crippen LogP contribution in [-0.4, -0.2) is 54.7 Å². The Morgan fingerprint density at radius 3 is 1.72 bits per heavy atom. The lowest BCUT2D eigenvalue weighted by atomic mass is 10.3. The van der Waals surface area contributed by atoms with Gasteiger partial charge in [0.25, 0.3) is 0 Å². The van der Waals surface area contributed by atoms with E-state index in [0.29, 0.717) is 12.2 Å². The Labute approximate surface area is 112 Å². The van der Waals surface area contributed by atoms with Gasteiger partial charge in [-0.3, -0.25) is 9.80 Å². The van der Waals surface area contributed by atoms with Crippen LogP contribution in [0.1, 0.15) is 34.6 Å². The van der Waals surface area contributed by atoms with Crippen LogP contribution in [0.3, 0.4) is 0 Å². The number of nitrogens with zero attached hydrogens (tertiary/aromatic N) is 2. The highest BCUT2D eigenvalue weighted by Gasteiger charge is 2.22. The van der Waals surface area contributed by atoms with Gasteiger partial charge < -0.3 is 4.74 Å². The van der Waals surface area contributed by atoms with Crippen molar-refractivity contribution in [2.24, 2.45) is 0 Å². The van der Waals surface area contributed by atoms with E-state index in [1.807, 2.05) is 0 Å². The Balaban J connectivity index is 4.65. The van der Waals surface area contributed by atoms with E-state index in [0.717, 1.165) is 26.2 Å². The summed E-state index contributed by atoms with van der Waals surface area (Å²) in [6, 6.07) is 0. The van der Waals surface area contributed by atoms with Crippen LogP contribution in [-0.2, 0) is 9.53 Å². The van der Waals surface area contributed by atoms with Gasteiger partial charge in [0.05, 0.1) is 6.17 Å². The summed E-state index contributed by atoms with van der Waals surface area (Å²) in [5, 5.41) is 0. The highest BCUT2D eigenvalue weighted by atomic mass is 16.5. The van der Waals surface area contributed by atoms with Crippen molar-refractivity contribution in [3.8, 4) is 0 Å². The fraction of sp³-hybridized carbons (Fsp3) is 0.786. The van der Waals surface area contributed by atoms with Gasteiger partial charge in [0, 0.05) is 5.57 Å². The van der Waals surface area contributed by atoms with E-state index >= 15 is 0 Å². The van der Waals surface area contributed by atoms with Crippen molar-refractivity contribution in [3.05, 3.63) is 12.2 Å². The lowest BCUT2D eigenvalue weighted by molar-refractivity contribution is -0.143. The van der Waals surface area contributed by atoms with E-state index in [1.54, 1.807) is 6.92 Å². The average molecular weight is 256 g/mol. The molecule has 0 aromatic heterocycles. The summed E-state index contributed by atoms with van der Waals surface area (Å²) in [6.07, 6.45) is 0.151. The molecule has 106 valence electrons. The molecule has 0 aliphatic rings. The average Bonchev–Trinajstić information content (AvgIpc) is 2.37. The maximum absolute atomic E-state index is 11.5. The normalized spacial score (nSPS) is 11.3. The van der Waals surface area contributed by atoms with Gasteiger partial charge in [0.1, 0.15) is 6.61 Å². The molecule has 0 spiro atoms. The molecule has 0 unspecified atom stereocenters. The van der Waals surface area contributed by atoms with Crippen LogP contribution in [0, 0.1) is 0 Å². The quantitative estimate of drug-likeness (QED) is 0.359. The number of hydrogen-bond donors (Lipinski definition) is 0. The van der Waals surface area contributed by atoms with E-state index < -0.39 is 0 Å². The zero-order valence-electron chi connectivity index (χ0n) is 12.5. The molecule has 18 heavy (non-hydrogen) atoms. The smallest absolute Gasteiger partial charge is 0.333 e. The standard InChI is InChI=1S/C14H28N2O2/c1-7-15(8-2)13(16(9-3)10-4)11-18-14(17)12(5)6/h13H,5,7-11H2,1-4,6H3. The second kappa shape index (κ2) is 9.11. The summed E-state index contributed by atoms with van der Waals surface area (Å²) in [6.45, 7) is 18.0. The number of carbonyl (C=O) groups excluding carboxylic acids is 1. The number of likely N-dealkylation sites (N-methyl/N-ethyl adjacent to an activating group) is 2. The summed E-state index contributed by atoms with van der Waals surface area (Å²) >= 11 is 0. The van der Waals surface area contributed by atoms with Crippen LogP contribution < -0.4 is 0 Å². The van der Waals surface area contributed by atoms with Gasteiger partial charge in [0.2, 0.25) is 0 Å². The first kappa shape index (κ1) is 17.1. The molecule has 0 aliphatic carbocycles. The van der Waals surface area contributed by atoms with Gasteiger partial charge in [-0.1, -0.05) is 34.3 Å². The van der Waals surface area contributed by atoms with Crippen LogP contribution in [0.4, 0.5) is 0 Å². The lowest BCUT2D eigenvalue weighted by Gasteiger charge is -2.37. The Bertz CT molecular complexity index is 247. The fourth-order valence-electron chi connectivity index (χ4n) is 2.01. The number of ether oxygens (including phenoxy) is 1. The third-order valence-electron chi connectivity index (χ3n) is 3.18. The van der Waals surface area contributed by atoms with Crippen molar-refractivity contribution in [2.45, 2.75) is 40.8 Å². The molecule has 0 rings (SSSR count). The number of rotatable bonds is 9. The Morgan fingerprint density at radius 1 is 1.06 bits per heavy atom. The van der Waals surface area contributed by atoms with E-state index in [-0.39, 0.29) is 12.1 Å². The van der Waals surface area contributed by atoms with Crippen LogP contribution in [0.5, 0.6) is 0 Å². The van der Waals surface area contributed by atoms with Crippen molar-refractivity contribution in [1.29, 1.82) is 0 Å². The maximum atomic E-state index is 11.5. The van der Waals surface area contributed by atoms with Gasteiger partial charge in [-0.2, -0.15) is 0 Å². The SMILES string of the molecule is C=C(C)C(=O)OCC(N(CC)CC)N(CC)CC. The van der Waals surface area contributed by atoms with Gasteiger partial charge in [-0.15, -0.1) is 0 Å². The highest BCUT2D eigenvalue weighted by Crippen LogP contribution is 2.08. The molecule has 4 heteroatoms. The summed E-state index contributed by atoms with van der Waals surface area (Å²) in [4.78, 5) is 16.1. The Hall–Kier alpha value is -0.870. The van der Waals surface area contributed by atoms with Gasteiger partial charge in [0.15, 0.2) is 0 Å². The first-order valence-corrected chi connectivity index (χ1v) is 6.82. The van der Waals surface area contributed by atoms with E-state index in [2.05, 4.69) is 44.1 Å². The molecule has 0 N–H and O–H groups in total. The summed E-state index contributed by atoms with van der Waals surface area (Å²) in [7, 11) is 0. The third-order valence-corrected chi connectivity index (χ3v) is 3.18. The monoisotopic (exact) mass is 256 g/mol. The number of esters is 1. The Morgan fingerprint density at radius 2 is 1.44 bits per heavy atom. The molecule has 0 bridgehead atoms. The zero-order valence-corrected chi connectivity index (χ0v) is 12.5. The van der Waals surface area contributed by atoms with Crippen LogP contribution in [0.2, 0.25) is 0 Å². The van der Waals surface area contributed by atoms with Gasteiger partial charge in [-0.05, 0) is 33.1 Å². The summed E-state index contributed by atoms with van der Waals surface area (Å²) in [5.74, 6) is -0.306. The highest BCUT2D eigenvalue weighted by molar-refractivity contribution is 5.86. The third kappa shape index (κ3) is 5.19. The van der Waals surface area contributed by atoms with Crippen molar-refractivity contribution >= 4 is 5.97 Å². The predicted octanol–water partition coefficient (Wildman–Crippen LogP) is 2.12. The lowest BCUT2D eigenvalue weighted by Crippen LogP contribution is -2.51. The Kier molecular flexibility index (Phi) is 8.67. The van der Waals surface area contributed by atoms with Crippen molar-refractivity contribution in [1.82, 2.24) is 9.80 Å². The fourth-order valence-corrected chi connectivity index (χ4v) is 2.01. The van der Waals surface area contributed by atoms with Gasteiger partial charge >= 0.3 is 5.97 Å². The topological polar surface area (TPSA) is 32.8 Å². The van der Waals surface area contributed by atoms with E-state index in [4.69, 9.17) is 4.74 Å².